The lowest BCUT2D eigenvalue weighted by molar-refractivity contribution is 0.182. The maximum Gasteiger partial charge on any atom is 0.322 e. The monoisotopic (exact) mass is 511 g/mol. The second kappa shape index (κ2) is 10.9. The SMILES string of the molecule is COc1ccccc1NC(=O)N1CCc2cc(OC)c(OC)cc2[C@H]1CNS(=O)(=O)c1ccccc1. The first kappa shape index (κ1) is 25.3. The van der Waals surface area contributed by atoms with Crippen molar-refractivity contribution in [2.45, 2.75) is 17.4 Å². The molecule has 0 unspecified atom stereocenters. The topological polar surface area (TPSA) is 106 Å². The van der Waals surface area contributed by atoms with Gasteiger partial charge in [0.15, 0.2) is 11.5 Å². The Hall–Kier alpha value is -3.76. The second-order valence-corrected chi connectivity index (χ2v) is 9.93. The number of hydrogen-bond acceptors (Lipinski definition) is 6. The molecule has 0 saturated carbocycles. The molecule has 0 bridgehead atoms. The van der Waals surface area contributed by atoms with Gasteiger partial charge >= 0.3 is 6.03 Å². The number of urea groups is 1. The third-order valence-electron chi connectivity index (χ3n) is 6.13. The largest absolute Gasteiger partial charge is 0.495 e. The van der Waals surface area contributed by atoms with E-state index < -0.39 is 16.1 Å². The summed E-state index contributed by atoms with van der Waals surface area (Å²) in [6.07, 6.45) is 0.566. The van der Waals surface area contributed by atoms with Crippen molar-refractivity contribution in [2.24, 2.45) is 0 Å². The summed E-state index contributed by atoms with van der Waals surface area (Å²) in [5.74, 6) is 1.60. The fourth-order valence-electron chi connectivity index (χ4n) is 4.30. The van der Waals surface area contributed by atoms with E-state index in [2.05, 4.69) is 10.0 Å². The number of fused-ring (bicyclic) bond motifs is 1. The van der Waals surface area contributed by atoms with Crippen LogP contribution in [0.2, 0.25) is 0 Å². The minimum atomic E-state index is -3.79. The van der Waals surface area contributed by atoms with Crippen LogP contribution in [0, 0.1) is 0 Å². The highest BCUT2D eigenvalue weighted by atomic mass is 32.2. The Morgan fingerprint density at radius 3 is 2.25 bits per heavy atom. The van der Waals surface area contributed by atoms with Gasteiger partial charge in [-0.15, -0.1) is 0 Å². The molecular weight excluding hydrogens is 482 g/mol. The van der Waals surface area contributed by atoms with Crippen LogP contribution in [0.15, 0.2) is 71.6 Å². The summed E-state index contributed by atoms with van der Waals surface area (Å²) in [7, 11) is 0.832. The summed E-state index contributed by atoms with van der Waals surface area (Å²) >= 11 is 0. The number of ether oxygens (including phenoxy) is 3. The Morgan fingerprint density at radius 2 is 1.56 bits per heavy atom. The molecule has 1 atom stereocenters. The van der Waals surface area contributed by atoms with E-state index in [0.29, 0.717) is 35.9 Å². The Morgan fingerprint density at radius 1 is 0.917 bits per heavy atom. The zero-order valence-electron chi connectivity index (χ0n) is 20.4. The third kappa shape index (κ3) is 5.24. The van der Waals surface area contributed by atoms with Crippen molar-refractivity contribution in [3.8, 4) is 17.2 Å². The smallest absolute Gasteiger partial charge is 0.322 e. The van der Waals surface area contributed by atoms with Crippen molar-refractivity contribution in [3.05, 3.63) is 77.9 Å². The molecule has 0 aromatic heterocycles. The average Bonchev–Trinajstić information content (AvgIpc) is 2.91. The van der Waals surface area contributed by atoms with E-state index in [-0.39, 0.29) is 17.5 Å². The van der Waals surface area contributed by atoms with Crippen molar-refractivity contribution in [2.75, 3.05) is 39.7 Å². The van der Waals surface area contributed by atoms with Gasteiger partial charge in [0.05, 0.1) is 38.0 Å². The number of sulfonamides is 1. The molecule has 2 N–H and O–H groups in total. The number of methoxy groups -OCH3 is 3. The average molecular weight is 512 g/mol. The molecule has 3 aromatic carbocycles. The van der Waals surface area contributed by atoms with Crippen LogP contribution in [0.25, 0.3) is 0 Å². The first-order valence-electron chi connectivity index (χ1n) is 11.4. The van der Waals surface area contributed by atoms with Crippen LogP contribution in [0.1, 0.15) is 17.2 Å². The molecule has 0 aliphatic carbocycles. The van der Waals surface area contributed by atoms with E-state index in [9.17, 15) is 13.2 Å². The number of carbonyl (C=O) groups is 1. The van der Waals surface area contributed by atoms with E-state index in [0.717, 1.165) is 11.1 Å². The molecule has 2 amide bonds. The highest BCUT2D eigenvalue weighted by molar-refractivity contribution is 7.89. The maximum absolute atomic E-state index is 13.5. The molecule has 10 heteroatoms. The standard InChI is InChI=1S/C26H29N3O6S/c1-33-23-12-8-7-11-21(23)28-26(30)29-14-13-18-15-24(34-2)25(35-3)16-20(18)22(29)17-27-36(31,32)19-9-5-4-6-10-19/h4-12,15-16,22,27H,13-14,17H2,1-3H3,(H,28,30)/t22-/m1/s1. The van der Waals surface area contributed by atoms with Gasteiger partial charge in [-0.05, 0) is 53.9 Å². The van der Waals surface area contributed by atoms with Crippen molar-refractivity contribution >= 4 is 21.7 Å². The summed E-state index contributed by atoms with van der Waals surface area (Å²) in [5, 5.41) is 2.90. The second-order valence-electron chi connectivity index (χ2n) is 8.16. The molecule has 4 rings (SSSR count). The molecule has 9 nitrogen and oxygen atoms in total. The Balaban J connectivity index is 1.68. The number of nitrogens with one attached hydrogen (secondary N) is 2. The molecule has 1 heterocycles. The van der Waals surface area contributed by atoms with Crippen molar-refractivity contribution in [3.63, 3.8) is 0 Å². The molecule has 0 spiro atoms. The van der Waals surface area contributed by atoms with Gasteiger partial charge in [0, 0.05) is 13.1 Å². The molecule has 0 saturated heterocycles. The molecule has 3 aromatic rings. The summed E-state index contributed by atoms with van der Waals surface area (Å²) in [6.45, 7) is 0.347. The zero-order chi connectivity index (χ0) is 25.7. The van der Waals surface area contributed by atoms with Crippen LogP contribution in [-0.2, 0) is 16.4 Å². The fraction of sp³-hybridized carbons (Fsp3) is 0.269. The predicted octanol–water partition coefficient (Wildman–Crippen LogP) is 3.82. The van der Waals surface area contributed by atoms with E-state index in [1.165, 1.54) is 26.4 Å². The highest BCUT2D eigenvalue weighted by Crippen LogP contribution is 2.38. The number of amides is 2. The van der Waals surface area contributed by atoms with Gasteiger partial charge in [-0.1, -0.05) is 30.3 Å². The quantitative estimate of drug-likeness (QED) is 0.476. The lowest BCUT2D eigenvalue weighted by atomic mass is 9.92. The van der Waals surface area contributed by atoms with Gasteiger partial charge in [-0.2, -0.15) is 0 Å². The summed E-state index contributed by atoms with van der Waals surface area (Å²) in [6, 6.07) is 17.9. The van der Waals surface area contributed by atoms with Gasteiger partial charge < -0.3 is 24.4 Å². The molecule has 190 valence electrons. The minimum absolute atomic E-state index is 0.0287. The number of para-hydroxylation sites is 2. The molecule has 1 aliphatic heterocycles. The molecule has 0 fully saturated rings. The van der Waals surface area contributed by atoms with Crippen LogP contribution < -0.4 is 24.2 Å². The van der Waals surface area contributed by atoms with Gasteiger partial charge in [-0.25, -0.2) is 17.9 Å². The first-order chi connectivity index (χ1) is 17.4. The number of anilines is 1. The zero-order valence-corrected chi connectivity index (χ0v) is 21.2. The number of nitrogens with zero attached hydrogens (tertiary/aromatic N) is 1. The molecule has 0 radical (unpaired) electrons. The van der Waals surface area contributed by atoms with Crippen LogP contribution in [0.4, 0.5) is 10.5 Å². The van der Waals surface area contributed by atoms with E-state index in [1.54, 1.807) is 54.5 Å². The fourth-order valence-corrected chi connectivity index (χ4v) is 5.36. The minimum Gasteiger partial charge on any atom is -0.495 e. The van der Waals surface area contributed by atoms with Crippen molar-refractivity contribution < 1.29 is 27.4 Å². The first-order valence-corrected chi connectivity index (χ1v) is 12.9. The van der Waals surface area contributed by atoms with Crippen LogP contribution in [-0.4, -0.2) is 53.8 Å². The lowest BCUT2D eigenvalue weighted by Crippen LogP contribution is -2.46. The molecule has 1 aliphatic rings. The van der Waals surface area contributed by atoms with E-state index in [1.807, 2.05) is 12.1 Å². The van der Waals surface area contributed by atoms with Crippen molar-refractivity contribution in [1.29, 1.82) is 0 Å². The normalized spacial score (nSPS) is 15.1. The number of benzene rings is 3. The van der Waals surface area contributed by atoms with Gasteiger partial charge in [-0.3, -0.25) is 0 Å². The third-order valence-corrected chi connectivity index (χ3v) is 7.57. The molecule has 36 heavy (non-hydrogen) atoms. The summed E-state index contributed by atoms with van der Waals surface area (Å²) < 4.78 is 44.9. The van der Waals surface area contributed by atoms with E-state index >= 15 is 0 Å². The lowest BCUT2D eigenvalue weighted by Gasteiger charge is -2.38. The molecular formula is C26H29N3O6S. The van der Waals surface area contributed by atoms with Crippen molar-refractivity contribution in [1.82, 2.24) is 9.62 Å². The number of carbonyl (C=O) groups excluding carboxylic acids is 1. The van der Waals surface area contributed by atoms with Crippen LogP contribution in [0.5, 0.6) is 17.2 Å². The van der Waals surface area contributed by atoms with Gasteiger partial charge in [0.2, 0.25) is 10.0 Å². The Kier molecular flexibility index (Phi) is 7.66. The van der Waals surface area contributed by atoms with Gasteiger partial charge in [0.1, 0.15) is 5.75 Å². The summed E-state index contributed by atoms with van der Waals surface area (Å²) in [4.78, 5) is 15.2. The number of hydrogen-bond donors (Lipinski definition) is 2. The number of rotatable bonds is 8. The Labute approximate surface area is 211 Å². The Bertz CT molecular complexity index is 1330. The van der Waals surface area contributed by atoms with E-state index in [4.69, 9.17) is 14.2 Å². The predicted molar refractivity (Wildman–Crippen MR) is 136 cm³/mol. The van der Waals surface area contributed by atoms with Crippen LogP contribution >= 0.6 is 0 Å². The summed E-state index contributed by atoms with van der Waals surface area (Å²) in [5.41, 5.74) is 2.26. The van der Waals surface area contributed by atoms with Crippen LogP contribution in [0.3, 0.4) is 0 Å². The highest BCUT2D eigenvalue weighted by Gasteiger charge is 2.33. The van der Waals surface area contributed by atoms with Gasteiger partial charge in [0.25, 0.3) is 0 Å². The maximum atomic E-state index is 13.5.